The first-order chi connectivity index (χ1) is 17.3. The average Bonchev–Trinajstić information content (AvgIpc) is 3.56. The molecule has 1 fully saturated rings. The molecule has 176 valence electrons. The number of aromatic nitrogens is 4. The molecule has 3 N–H and O–H groups in total. The van der Waals surface area contributed by atoms with Crippen LogP contribution >= 0.6 is 11.3 Å². The summed E-state index contributed by atoms with van der Waals surface area (Å²) in [5, 5.41) is 8.30. The van der Waals surface area contributed by atoms with Crippen molar-refractivity contribution in [2.45, 2.75) is 12.8 Å². The number of nitrogens with zero attached hydrogens (tertiary/aromatic N) is 4. The number of morpholine rings is 1. The van der Waals surface area contributed by atoms with Gasteiger partial charge in [0.05, 0.1) is 35.1 Å². The monoisotopic (exact) mass is 482 g/mol. The number of anilines is 1. The maximum absolute atomic E-state index is 5.61. The highest BCUT2D eigenvalue weighted by Crippen LogP contribution is 2.39. The first kappa shape index (κ1) is 21.8. The summed E-state index contributed by atoms with van der Waals surface area (Å²) in [4.78, 5) is 13.6. The van der Waals surface area contributed by atoms with Crippen molar-refractivity contribution < 1.29 is 4.74 Å². The second-order valence-electron chi connectivity index (χ2n) is 8.60. The van der Waals surface area contributed by atoms with Gasteiger partial charge in [0.15, 0.2) is 11.6 Å². The van der Waals surface area contributed by atoms with Crippen molar-refractivity contribution in [1.29, 1.82) is 0 Å². The number of fused-ring (bicyclic) bond motifs is 2. The van der Waals surface area contributed by atoms with Crippen molar-refractivity contribution in [2.24, 2.45) is 5.73 Å². The summed E-state index contributed by atoms with van der Waals surface area (Å²) >= 11 is 1.75. The fourth-order valence-corrected chi connectivity index (χ4v) is 5.63. The molecule has 35 heavy (non-hydrogen) atoms. The molecule has 0 atom stereocenters. The molecule has 0 saturated carbocycles. The van der Waals surface area contributed by atoms with Crippen LogP contribution in [0.25, 0.3) is 42.9 Å². The van der Waals surface area contributed by atoms with Gasteiger partial charge < -0.3 is 15.4 Å². The Balaban J connectivity index is 1.44. The Labute approximate surface area is 207 Å². The number of H-pyrrole nitrogens is 1. The Morgan fingerprint density at radius 3 is 2.77 bits per heavy atom. The quantitative estimate of drug-likeness (QED) is 0.348. The Kier molecular flexibility index (Phi) is 5.89. The molecule has 0 unspecified atom stereocenters. The maximum Gasteiger partial charge on any atom is 0.162 e. The molecule has 0 radical (unpaired) electrons. The van der Waals surface area contributed by atoms with Crippen LogP contribution in [0, 0.1) is 0 Å². The molecule has 0 bridgehead atoms. The normalized spacial score (nSPS) is 14.5. The topological polar surface area (TPSA) is 93.0 Å². The van der Waals surface area contributed by atoms with Gasteiger partial charge in [-0.1, -0.05) is 42.5 Å². The van der Waals surface area contributed by atoms with Gasteiger partial charge in [0, 0.05) is 28.9 Å². The van der Waals surface area contributed by atoms with E-state index in [0.717, 1.165) is 64.3 Å². The highest BCUT2D eigenvalue weighted by Gasteiger charge is 2.21. The maximum atomic E-state index is 5.61. The van der Waals surface area contributed by atoms with Crippen LogP contribution in [0.3, 0.4) is 0 Å². The highest BCUT2D eigenvalue weighted by atomic mass is 32.1. The Bertz CT molecular complexity index is 1500. The average molecular weight is 483 g/mol. The number of rotatable bonds is 6. The molecular weight excluding hydrogens is 456 g/mol. The minimum atomic E-state index is 0.706. The number of thiophene rings is 1. The number of nitrogens with one attached hydrogen (secondary N) is 1. The van der Waals surface area contributed by atoms with Crippen LogP contribution in [0.4, 0.5) is 5.82 Å². The second kappa shape index (κ2) is 9.48. The number of benzene rings is 2. The highest BCUT2D eigenvalue weighted by molar-refractivity contribution is 7.22. The van der Waals surface area contributed by atoms with Crippen LogP contribution in [-0.2, 0) is 11.2 Å². The molecular formula is C27H26N6OS. The van der Waals surface area contributed by atoms with E-state index in [1.54, 1.807) is 17.5 Å². The van der Waals surface area contributed by atoms with E-state index in [1.165, 1.54) is 16.0 Å². The zero-order chi connectivity index (χ0) is 23.6. The molecule has 0 aliphatic carbocycles. The van der Waals surface area contributed by atoms with E-state index in [2.05, 4.69) is 51.5 Å². The summed E-state index contributed by atoms with van der Waals surface area (Å²) in [7, 11) is 0. The lowest BCUT2D eigenvalue weighted by molar-refractivity contribution is 0.122. The van der Waals surface area contributed by atoms with E-state index >= 15 is 0 Å². The summed E-state index contributed by atoms with van der Waals surface area (Å²) in [5.41, 5.74) is 10.9. The zero-order valence-corrected chi connectivity index (χ0v) is 20.1. The fraction of sp³-hybridized carbons (Fsp3) is 0.222. The lowest BCUT2D eigenvalue weighted by Crippen LogP contribution is -2.36. The van der Waals surface area contributed by atoms with Crippen molar-refractivity contribution in [1.82, 2.24) is 20.2 Å². The smallest absolute Gasteiger partial charge is 0.162 e. The minimum Gasteiger partial charge on any atom is -0.405 e. The molecule has 5 aromatic rings. The third-order valence-electron chi connectivity index (χ3n) is 6.36. The number of nitrogens with two attached hydrogens (primary N) is 1. The molecule has 0 spiro atoms. The summed E-state index contributed by atoms with van der Waals surface area (Å²) in [6.45, 7) is 3.05. The molecule has 8 heteroatoms. The van der Waals surface area contributed by atoms with Crippen molar-refractivity contribution >= 4 is 38.3 Å². The standard InChI is InChI=1S/C27H26N6OS/c28-11-2-1-4-18-7-9-19(10-8-18)24-16-23-25(35-24)27(33-12-14-34-15-13-33)31-26(30-23)20-5-3-6-22-21(20)17-29-32-22/h2-3,5-11,16-17H,1,4,12-15,28H2,(H,29,32). The predicted molar refractivity (Wildman–Crippen MR) is 143 cm³/mol. The molecule has 1 aliphatic rings. The number of hydrogen-bond acceptors (Lipinski definition) is 7. The van der Waals surface area contributed by atoms with Crippen LogP contribution in [0.2, 0.25) is 0 Å². The van der Waals surface area contributed by atoms with Gasteiger partial charge in [-0.2, -0.15) is 5.10 Å². The van der Waals surface area contributed by atoms with Crippen molar-refractivity contribution in [3.63, 3.8) is 0 Å². The first-order valence-corrected chi connectivity index (χ1v) is 12.6. The van der Waals surface area contributed by atoms with Crippen LogP contribution in [0.1, 0.15) is 12.0 Å². The third kappa shape index (κ3) is 4.26. The van der Waals surface area contributed by atoms with Crippen LogP contribution in [-0.4, -0.2) is 46.5 Å². The molecule has 3 aromatic heterocycles. The van der Waals surface area contributed by atoms with Crippen molar-refractivity contribution in [2.75, 3.05) is 31.2 Å². The van der Waals surface area contributed by atoms with Gasteiger partial charge in [0.25, 0.3) is 0 Å². The molecule has 1 saturated heterocycles. The number of aryl methyl sites for hydroxylation is 1. The number of ether oxygens (including phenoxy) is 1. The SMILES string of the molecule is NC=CCCc1ccc(-c2cc3nc(-c4cccc5[nH]ncc45)nc(N4CCOCC4)c3s2)cc1. The molecule has 2 aromatic carbocycles. The number of allylic oxidation sites excluding steroid dienone is 1. The van der Waals surface area contributed by atoms with Crippen LogP contribution < -0.4 is 10.6 Å². The summed E-state index contributed by atoms with van der Waals surface area (Å²) in [5.74, 6) is 1.70. The van der Waals surface area contributed by atoms with Gasteiger partial charge in [-0.25, -0.2) is 9.97 Å². The van der Waals surface area contributed by atoms with E-state index < -0.39 is 0 Å². The molecule has 1 aliphatic heterocycles. The second-order valence-corrected chi connectivity index (χ2v) is 9.65. The van der Waals surface area contributed by atoms with Gasteiger partial charge in [-0.05, 0) is 42.3 Å². The van der Waals surface area contributed by atoms with Crippen molar-refractivity contribution in [3.8, 4) is 21.8 Å². The molecule has 6 rings (SSSR count). The minimum absolute atomic E-state index is 0.706. The van der Waals surface area contributed by atoms with Gasteiger partial charge >= 0.3 is 0 Å². The molecule has 7 nitrogen and oxygen atoms in total. The number of aromatic amines is 1. The summed E-state index contributed by atoms with van der Waals surface area (Å²) < 4.78 is 6.72. The van der Waals surface area contributed by atoms with Crippen LogP contribution in [0.15, 0.2) is 67.0 Å². The van der Waals surface area contributed by atoms with E-state index in [1.807, 2.05) is 24.4 Å². The third-order valence-corrected chi connectivity index (χ3v) is 7.53. The largest absolute Gasteiger partial charge is 0.405 e. The zero-order valence-electron chi connectivity index (χ0n) is 19.3. The Hall–Kier alpha value is -3.75. The fourth-order valence-electron chi connectivity index (χ4n) is 4.51. The van der Waals surface area contributed by atoms with E-state index in [-0.39, 0.29) is 0 Å². The van der Waals surface area contributed by atoms with Gasteiger partial charge in [0.1, 0.15) is 0 Å². The van der Waals surface area contributed by atoms with Crippen LogP contribution in [0.5, 0.6) is 0 Å². The van der Waals surface area contributed by atoms with Crippen molar-refractivity contribution in [3.05, 3.63) is 72.6 Å². The van der Waals surface area contributed by atoms with E-state index in [9.17, 15) is 0 Å². The number of hydrogen-bond donors (Lipinski definition) is 2. The Morgan fingerprint density at radius 2 is 1.94 bits per heavy atom. The van der Waals surface area contributed by atoms with Gasteiger partial charge in [0.2, 0.25) is 0 Å². The summed E-state index contributed by atoms with van der Waals surface area (Å²) in [6.07, 6.45) is 7.38. The Morgan fingerprint density at radius 1 is 1.09 bits per heavy atom. The van der Waals surface area contributed by atoms with E-state index in [4.69, 9.17) is 20.4 Å². The molecule has 0 amide bonds. The van der Waals surface area contributed by atoms with E-state index in [0.29, 0.717) is 13.2 Å². The molecule has 4 heterocycles. The predicted octanol–water partition coefficient (Wildman–Crippen LogP) is 5.14. The lowest BCUT2D eigenvalue weighted by atomic mass is 10.1. The first-order valence-electron chi connectivity index (χ1n) is 11.8. The van der Waals surface area contributed by atoms with Gasteiger partial charge in [-0.3, -0.25) is 5.10 Å². The lowest BCUT2D eigenvalue weighted by Gasteiger charge is -2.28. The van der Waals surface area contributed by atoms with Gasteiger partial charge in [-0.15, -0.1) is 11.3 Å². The summed E-state index contributed by atoms with van der Waals surface area (Å²) in [6, 6.07) is 17.1.